The third kappa shape index (κ3) is 3.06. The topological polar surface area (TPSA) is 98.0 Å². The van der Waals surface area contributed by atoms with Gasteiger partial charge in [0.15, 0.2) is 0 Å². The largest absolute Gasteiger partial charge is 0.300 e. The Balaban J connectivity index is 1.93. The summed E-state index contributed by atoms with van der Waals surface area (Å²) in [7, 11) is 0. The summed E-state index contributed by atoms with van der Waals surface area (Å²) < 4.78 is 0. The van der Waals surface area contributed by atoms with Crippen LogP contribution in [-0.4, -0.2) is 27.1 Å². The second-order valence-electron chi connectivity index (χ2n) is 4.64. The molecule has 1 fully saturated rings. The standard InChI is InChI=1S/C11H16N4O3S/c1-3-6(4-2)10-13-14-11(19-10)12-9(16)7-5-8(7)15(17)18/h6-8H,3-5H2,1-2H3,(H,12,14,16). The third-order valence-electron chi connectivity index (χ3n) is 3.37. The van der Waals surface area contributed by atoms with Crippen molar-refractivity contribution in [2.24, 2.45) is 5.92 Å². The lowest BCUT2D eigenvalue weighted by Crippen LogP contribution is -2.18. The molecule has 0 aromatic carbocycles. The lowest BCUT2D eigenvalue weighted by Gasteiger charge is -2.05. The average Bonchev–Trinajstić information content (AvgIpc) is 3.07. The molecule has 1 saturated carbocycles. The Hall–Kier alpha value is -1.57. The maximum Gasteiger partial charge on any atom is 0.236 e. The smallest absolute Gasteiger partial charge is 0.236 e. The van der Waals surface area contributed by atoms with Crippen LogP contribution in [0.4, 0.5) is 5.13 Å². The molecule has 2 rings (SSSR count). The lowest BCUT2D eigenvalue weighted by atomic mass is 10.1. The molecule has 0 bridgehead atoms. The molecule has 0 spiro atoms. The number of nitrogens with one attached hydrogen (secondary N) is 1. The zero-order valence-corrected chi connectivity index (χ0v) is 11.6. The van der Waals surface area contributed by atoms with Crippen LogP contribution in [0.5, 0.6) is 0 Å². The van der Waals surface area contributed by atoms with Crippen LogP contribution in [0, 0.1) is 16.0 Å². The molecule has 0 aliphatic heterocycles. The maximum absolute atomic E-state index is 11.7. The summed E-state index contributed by atoms with van der Waals surface area (Å²) in [6, 6.07) is -0.730. The predicted molar refractivity (Wildman–Crippen MR) is 70.8 cm³/mol. The Morgan fingerprint density at radius 3 is 2.74 bits per heavy atom. The second kappa shape index (κ2) is 5.60. The normalized spacial score (nSPS) is 21.4. The van der Waals surface area contributed by atoms with E-state index in [-0.39, 0.29) is 5.91 Å². The van der Waals surface area contributed by atoms with Gasteiger partial charge in [-0.15, -0.1) is 10.2 Å². The highest BCUT2D eigenvalue weighted by atomic mass is 32.1. The van der Waals surface area contributed by atoms with Crippen molar-refractivity contribution in [3.8, 4) is 0 Å². The molecule has 1 amide bonds. The Bertz CT molecular complexity index is 486. The van der Waals surface area contributed by atoms with Gasteiger partial charge in [-0.25, -0.2) is 0 Å². The van der Waals surface area contributed by atoms with Gasteiger partial charge in [0.05, 0.1) is 0 Å². The van der Waals surface area contributed by atoms with Gasteiger partial charge >= 0.3 is 0 Å². The van der Waals surface area contributed by atoms with Crippen molar-refractivity contribution in [2.45, 2.75) is 45.1 Å². The number of carbonyl (C=O) groups is 1. The number of hydrogen-bond donors (Lipinski definition) is 1. The van der Waals surface area contributed by atoms with Crippen molar-refractivity contribution in [3.05, 3.63) is 15.1 Å². The highest BCUT2D eigenvalue weighted by Crippen LogP contribution is 2.35. The van der Waals surface area contributed by atoms with Gasteiger partial charge in [-0.05, 0) is 12.8 Å². The molecule has 1 heterocycles. The Kier molecular flexibility index (Phi) is 4.08. The molecule has 19 heavy (non-hydrogen) atoms. The fourth-order valence-electron chi connectivity index (χ4n) is 1.98. The van der Waals surface area contributed by atoms with Crippen molar-refractivity contribution in [2.75, 3.05) is 5.32 Å². The molecule has 1 aliphatic rings. The molecule has 1 aromatic rings. The van der Waals surface area contributed by atoms with Crippen molar-refractivity contribution in [1.82, 2.24) is 10.2 Å². The van der Waals surface area contributed by atoms with Gasteiger partial charge in [-0.1, -0.05) is 25.2 Å². The number of carbonyl (C=O) groups excluding carboxylic acids is 1. The minimum Gasteiger partial charge on any atom is -0.300 e. The SMILES string of the molecule is CCC(CC)c1nnc(NC(=O)C2CC2[N+](=O)[O-])s1. The van der Waals surface area contributed by atoms with E-state index in [9.17, 15) is 14.9 Å². The maximum atomic E-state index is 11.7. The Morgan fingerprint density at radius 2 is 2.21 bits per heavy atom. The summed E-state index contributed by atoms with van der Waals surface area (Å²) in [5, 5.41) is 22.4. The molecular weight excluding hydrogens is 268 g/mol. The van der Waals surface area contributed by atoms with E-state index in [1.807, 2.05) is 0 Å². The van der Waals surface area contributed by atoms with E-state index in [1.54, 1.807) is 0 Å². The second-order valence-corrected chi connectivity index (χ2v) is 5.65. The van der Waals surface area contributed by atoms with Crippen molar-refractivity contribution in [3.63, 3.8) is 0 Å². The Morgan fingerprint density at radius 1 is 1.53 bits per heavy atom. The molecule has 0 radical (unpaired) electrons. The first kappa shape index (κ1) is 13.9. The number of rotatable bonds is 6. The molecule has 1 aromatic heterocycles. The van der Waals surface area contributed by atoms with E-state index in [1.165, 1.54) is 11.3 Å². The van der Waals surface area contributed by atoms with Crippen LogP contribution in [0.3, 0.4) is 0 Å². The van der Waals surface area contributed by atoms with E-state index in [0.717, 1.165) is 17.8 Å². The lowest BCUT2D eigenvalue weighted by molar-refractivity contribution is -0.497. The van der Waals surface area contributed by atoms with Crippen molar-refractivity contribution < 1.29 is 9.72 Å². The fraction of sp³-hybridized carbons (Fsp3) is 0.727. The molecule has 2 unspecified atom stereocenters. The van der Waals surface area contributed by atoms with Gasteiger partial charge in [0.2, 0.25) is 17.1 Å². The highest BCUT2D eigenvalue weighted by Gasteiger charge is 2.53. The molecule has 2 atom stereocenters. The quantitative estimate of drug-likeness (QED) is 0.636. The number of nitrogens with zero attached hydrogens (tertiary/aromatic N) is 3. The van der Waals surface area contributed by atoms with Gasteiger partial charge in [0.25, 0.3) is 0 Å². The Labute approximate surface area is 114 Å². The first-order chi connectivity index (χ1) is 9.06. The van der Waals surface area contributed by atoms with Gasteiger partial charge in [0, 0.05) is 17.3 Å². The van der Waals surface area contributed by atoms with Crippen LogP contribution in [0.25, 0.3) is 0 Å². The van der Waals surface area contributed by atoms with Gasteiger partial charge in [-0.2, -0.15) is 0 Å². The number of hydrogen-bond acceptors (Lipinski definition) is 6. The summed E-state index contributed by atoms with van der Waals surface area (Å²) in [5.41, 5.74) is 0. The minimum absolute atomic E-state index is 0.317. The van der Waals surface area contributed by atoms with Gasteiger partial charge in [0.1, 0.15) is 10.9 Å². The molecule has 8 heteroatoms. The summed E-state index contributed by atoms with van der Waals surface area (Å²) in [6.07, 6.45) is 2.27. The number of anilines is 1. The molecular formula is C11H16N4O3S. The van der Waals surface area contributed by atoms with Gasteiger partial charge < -0.3 is 5.32 Å². The van der Waals surface area contributed by atoms with Crippen LogP contribution in [0.1, 0.15) is 44.0 Å². The van der Waals surface area contributed by atoms with E-state index < -0.39 is 16.9 Å². The summed E-state index contributed by atoms with van der Waals surface area (Å²) in [6.45, 7) is 4.17. The zero-order chi connectivity index (χ0) is 14.0. The fourth-order valence-corrected chi connectivity index (χ4v) is 3.00. The molecule has 1 aliphatic carbocycles. The molecule has 1 N–H and O–H groups in total. The van der Waals surface area contributed by atoms with Gasteiger partial charge in [-0.3, -0.25) is 14.9 Å². The van der Waals surface area contributed by atoms with E-state index in [4.69, 9.17) is 0 Å². The zero-order valence-electron chi connectivity index (χ0n) is 10.8. The summed E-state index contributed by atoms with van der Waals surface area (Å²) in [5.74, 6) is -0.486. The van der Waals surface area contributed by atoms with Crippen LogP contribution < -0.4 is 5.32 Å². The first-order valence-corrected chi connectivity index (χ1v) is 7.16. The van der Waals surface area contributed by atoms with Crippen molar-refractivity contribution >= 4 is 22.4 Å². The van der Waals surface area contributed by atoms with Crippen LogP contribution in [0.15, 0.2) is 0 Å². The number of amides is 1. The highest BCUT2D eigenvalue weighted by molar-refractivity contribution is 7.15. The number of nitro groups is 1. The van der Waals surface area contributed by atoms with Crippen molar-refractivity contribution in [1.29, 1.82) is 0 Å². The average molecular weight is 284 g/mol. The predicted octanol–water partition coefficient (Wildman–Crippen LogP) is 2.05. The molecule has 7 nitrogen and oxygen atoms in total. The van der Waals surface area contributed by atoms with E-state index in [0.29, 0.717) is 17.5 Å². The monoisotopic (exact) mass is 284 g/mol. The van der Waals surface area contributed by atoms with E-state index >= 15 is 0 Å². The van der Waals surface area contributed by atoms with Crippen LogP contribution in [-0.2, 0) is 4.79 Å². The summed E-state index contributed by atoms with van der Waals surface area (Å²) in [4.78, 5) is 21.8. The molecule has 104 valence electrons. The van der Waals surface area contributed by atoms with E-state index in [2.05, 4.69) is 29.4 Å². The molecule has 0 saturated heterocycles. The number of aromatic nitrogens is 2. The minimum atomic E-state index is -0.730. The van der Waals surface area contributed by atoms with Crippen LogP contribution >= 0.6 is 11.3 Å². The van der Waals surface area contributed by atoms with Crippen LogP contribution in [0.2, 0.25) is 0 Å². The summed E-state index contributed by atoms with van der Waals surface area (Å²) >= 11 is 1.35. The third-order valence-corrected chi connectivity index (χ3v) is 4.37. The first-order valence-electron chi connectivity index (χ1n) is 6.34.